The molecule has 2 aromatic rings. The van der Waals surface area contributed by atoms with Gasteiger partial charge in [0.25, 0.3) is 0 Å². The fourth-order valence-corrected chi connectivity index (χ4v) is 2.63. The zero-order valence-corrected chi connectivity index (χ0v) is 15.5. The highest BCUT2D eigenvalue weighted by molar-refractivity contribution is 7.98. The molecule has 0 fully saturated rings. The summed E-state index contributed by atoms with van der Waals surface area (Å²) in [5.74, 6) is -0.804. The lowest BCUT2D eigenvalue weighted by Crippen LogP contribution is -2.41. The maximum Gasteiger partial charge on any atom is 0.309 e. The molecule has 0 saturated heterocycles. The largest absolute Gasteiger partial charge is 0.497 e. The van der Waals surface area contributed by atoms with Crippen LogP contribution in [-0.4, -0.2) is 36.8 Å². The summed E-state index contributed by atoms with van der Waals surface area (Å²) in [6, 6.07) is 14.6. The molecule has 0 aliphatic heterocycles. The minimum absolute atomic E-state index is 0.0343. The van der Waals surface area contributed by atoms with Crippen molar-refractivity contribution in [2.24, 2.45) is 0 Å². The van der Waals surface area contributed by atoms with Crippen molar-refractivity contribution in [1.82, 2.24) is 10.6 Å². The number of carbonyl (C=O) groups is 2. The number of hydrogen-bond donors (Lipinski definition) is 3. The number of carbonyl (C=O) groups excluding carboxylic acids is 2. The molecule has 0 aliphatic rings. The van der Waals surface area contributed by atoms with Gasteiger partial charge in [-0.3, -0.25) is 9.59 Å². The Morgan fingerprint density at radius 1 is 1.04 bits per heavy atom. The molecule has 0 aliphatic carbocycles. The van der Waals surface area contributed by atoms with E-state index in [2.05, 4.69) is 10.6 Å². The van der Waals surface area contributed by atoms with Crippen molar-refractivity contribution in [3.63, 3.8) is 0 Å². The van der Waals surface area contributed by atoms with Crippen molar-refractivity contribution in [3.8, 4) is 5.75 Å². The summed E-state index contributed by atoms with van der Waals surface area (Å²) >= 11 is 1.61. The lowest BCUT2D eigenvalue weighted by atomic mass is 10.1. The number of benzene rings is 2. The molecule has 2 rings (SSSR count). The van der Waals surface area contributed by atoms with Gasteiger partial charge in [-0.25, -0.2) is 0 Å². The van der Waals surface area contributed by atoms with Gasteiger partial charge in [-0.05, 0) is 41.6 Å². The Kier molecular flexibility index (Phi) is 7.50. The van der Waals surface area contributed by atoms with Crippen LogP contribution >= 0.6 is 11.8 Å². The Labute approximate surface area is 156 Å². The van der Waals surface area contributed by atoms with E-state index in [9.17, 15) is 14.7 Å². The Hall–Kier alpha value is -2.51. The number of rotatable bonds is 7. The third-order valence-electron chi connectivity index (χ3n) is 3.77. The summed E-state index contributed by atoms with van der Waals surface area (Å²) in [6.45, 7) is 0.197. The summed E-state index contributed by atoms with van der Waals surface area (Å²) in [7, 11) is 1.58. The number of nitrogens with one attached hydrogen (secondary N) is 2. The quantitative estimate of drug-likeness (QED) is 0.509. The van der Waals surface area contributed by atoms with Crippen molar-refractivity contribution in [2.45, 2.75) is 17.5 Å². The number of ether oxygens (including phenoxy) is 1. The Balaban J connectivity index is 1.77. The summed E-state index contributed by atoms with van der Waals surface area (Å²) in [5, 5.41) is 15.1. The number of thioether (sulfide) groups is 1. The molecule has 0 bridgehead atoms. The average molecular weight is 374 g/mol. The molecular weight excluding hydrogens is 352 g/mol. The van der Waals surface area contributed by atoms with Crippen LogP contribution in [0.25, 0.3) is 0 Å². The van der Waals surface area contributed by atoms with Gasteiger partial charge in [0.05, 0.1) is 13.2 Å². The molecule has 1 atom stereocenters. The summed E-state index contributed by atoms with van der Waals surface area (Å²) in [5.41, 5.74) is 1.53. The normalized spacial score (nSPS) is 11.5. The lowest BCUT2D eigenvalue weighted by molar-refractivity contribution is -0.139. The van der Waals surface area contributed by atoms with Crippen molar-refractivity contribution in [1.29, 1.82) is 0 Å². The van der Waals surface area contributed by atoms with Gasteiger partial charge in [0.2, 0.25) is 0 Å². The van der Waals surface area contributed by atoms with E-state index in [0.717, 1.165) is 16.2 Å². The van der Waals surface area contributed by atoms with Gasteiger partial charge in [0.15, 0.2) is 0 Å². The second-order valence-electron chi connectivity index (χ2n) is 5.53. The van der Waals surface area contributed by atoms with Crippen molar-refractivity contribution >= 4 is 23.6 Å². The van der Waals surface area contributed by atoms with Gasteiger partial charge in [-0.1, -0.05) is 24.3 Å². The number of aliphatic hydroxyl groups excluding tert-OH is 1. The molecule has 0 saturated carbocycles. The number of hydrogen-bond acceptors (Lipinski definition) is 5. The molecule has 138 valence electrons. The minimum Gasteiger partial charge on any atom is -0.497 e. The van der Waals surface area contributed by atoms with E-state index in [0.29, 0.717) is 5.56 Å². The molecule has 1 unspecified atom stereocenters. The molecular formula is C19H22N2O4S. The van der Waals surface area contributed by atoms with Crippen LogP contribution in [0.2, 0.25) is 0 Å². The van der Waals surface area contributed by atoms with Crippen LogP contribution < -0.4 is 15.4 Å². The Morgan fingerprint density at radius 2 is 1.65 bits per heavy atom. The summed E-state index contributed by atoms with van der Waals surface area (Å²) in [4.78, 5) is 24.8. The number of aliphatic hydroxyl groups is 1. The van der Waals surface area contributed by atoms with E-state index < -0.39 is 17.9 Å². The Morgan fingerprint density at radius 3 is 2.23 bits per heavy atom. The van der Waals surface area contributed by atoms with Gasteiger partial charge < -0.3 is 20.5 Å². The summed E-state index contributed by atoms with van der Waals surface area (Å²) in [6.07, 6.45) is 1.10. The van der Waals surface area contributed by atoms with Gasteiger partial charge in [0.1, 0.15) is 5.75 Å². The molecule has 6 nitrogen and oxygen atoms in total. The molecule has 0 heterocycles. The zero-order chi connectivity index (χ0) is 18.9. The van der Waals surface area contributed by atoms with Crippen molar-refractivity contribution < 1.29 is 19.4 Å². The smallest absolute Gasteiger partial charge is 0.309 e. The van der Waals surface area contributed by atoms with Crippen LogP contribution in [0, 0.1) is 0 Å². The van der Waals surface area contributed by atoms with Crippen LogP contribution in [0.3, 0.4) is 0 Å². The molecule has 7 heteroatoms. The topological polar surface area (TPSA) is 87.7 Å². The standard InChI is InChI=1S/C19H22N2O4S/c1-25-15-7-3-13(4-8-15)11-20-18(23)19(24)21-12-17(22)14-5-9-16(26-2)10-6-14/h3-10,17,22H,11-12H2,1-2H3,(H,20,23)(H,21,24). The van der Waals surface area contributed by atoms with Gasteiger partial charge >= 0.3 is 11.8 Å². The van der Waals surface area contributed by atoms with E-state index in [1.54, 1.807) is 55.3 Å². The average Bonchev–Trinajstić information content (AvgIpc) is 2.70. The first kappa shape index (κ1) is 19.8. The number of methoxy groups -OCH3 is 1. The van der Waals surface area contributed by atoms with Crippen molar-refractivity contribution in [2.75, 3.05) is 19.9 Å². The highest BCUT2D eigenvalue weighted by Crippen LogP contribution is 2.18. The maximum atomic E-state index is 11.8. The predicted octanol–water partition coefficient (Wildman–Crippen LogP) is 1.88. The zero-order valence-electron chi connectivity index (χ0n) is 14.7. The first-order valence-electron chi connectivity index (χ1n) is 8.04. The molecule has 2 amide bonds. The molecule has 2 aromatic carbocycles. The summed E-state index contributed by atoms with van der Waals surface area (Å²) < 4.78 is 5.06. The van der Waals surface area contributed by atoms with Crippen LogP contribution in [-0.2, 0) is 16.1 Å². The van der Waals surface area contributed by atoms with E-state index in [4.69, 9.17) is 4.74 Å². The van der Waals surface area contributed by atoms with E-state index in [1.807, 2.05) is 18.4 Å². The van der Waals surface area contributed by atoms with Crippen LogP contribution in [0.15, 0.2) is 53.4 Å². The number of amides is 2. The van der Waals surface area contributed by atoms with E-state index in [1.165, 1.54) is 0 Å². The van der Waals surface area contributed by atoms with Crippen LogP contribution in [0.5, 0.6) is 5.75 Å². The van der Waals surface area contributed by atoms with Crippen LogP contribution in [0.4, 0.5) is 0 Å². The molecule has 0 radical (unpaired) electrons. The molecule has 0 spiro atoms. The first-order valence-corrected chi connectivity index (χ1v) is 9.27. The van der Waals surface area contributed by atoms with E-state index >= 15 is 0 Å². The second kappa shape index (κ2) is 9.84. The highest BCUT2D eigenvalue weighted by atomic mass is 32.2. The van der Waals surface area contributed by atoms with Crippen molar-refractivity contribution in [3.05, 3.63) is 59.7 Å². The van der Waals surface area contributed by atoms with Gasteiger partial charge in [-0.2, -0.15) is 0 Å². The minimum atomic E-state index is -0.871. The first-order chi connectivity index (χ1) is 12.5. The van der Waals surface area contributed by atoms with E-state index in [-0.39, 0.29) is 13.1 Å². The van der Waals surface area contributed by atoms with Gasteiger partial charge in [-0.15, -0.1) is 11.8 Å². The predicted molar refractivity (Wildman–Crippen MR) is 101 cm³/mol. The monoisotopic (exact) mass is 374 g/mol. The fourth-order valence-electron chi connectivity index (χ4n) is 2.22. The highest BCUT2D eigenvalue weighted by Gasteiger charge is 2.15. The molecule has 26 heavy (non-hydrogen) atoms. The SMILES string of the molecule is COc1ccc(CNC(=O)C(=O)NCC(O)c2ccc(SC)cc2)cc1. The maximum absolute atomic E-state index is 11.8. The fraction of sp³-hybridized carbons (Fsp3) is 0.263. The molecule has 3 N–H and O–H groups in total. The lowest BCUT2D eigenvalue weighted by Gasteiger charge is -2.13. The van der Waals surface area contributed by atoms with Gasteiger partial charge in [0, 0.05) is 18.0 Å². The third-order valence-corrected chi connectivity index (χ3v) is 4.52. The molecule has 0 aromatic heterocycles. The Bertz CT molecular complexity index is 732. The third kappa shape index (κ3) is 5.79. The van der Waals surface area contributed by atoms with Crippen LogP contribution in [0.1, 0.15) is 17.2 Å². The second-order valence-corrected chi connectivity index (χ2v) is 6.41.